The summed E-state index contributed by atoms with van der Waals surface area (Å²) in [5.74, 6) is -1.66. The zero-order valence-corrected chi connectivity index (χ0v) is 14.3. The molecule has 0 spiro atoms. The largest absolute Gasteiger partial charge is 0.449 e. The SMILES string of the molecule is Cc1csc(Sc2ccc(C(=O)O[C@H](C)C(N)=O)cc2[N+](=O)[O-])n1. The number of rotatable bonds is 6. The van der Waals surface area contributed by atoms with Crippen LogP contribution >= 0.6 is 23.1 Å². The van der Waals surface area contributed by atoms with Crippen molar-refractivity contribution in [2.24, 2.45) is 5.73 Å². The maximum absolute atomic E-state index is 11.9. The van der Waals surface area contributed by atoms with Crippen LogP contribution in [0.4, 0.5) is 5.69 Å². The molecular formula is C14H13N3O5S2. The Morgan fingerprint density at radius 2 is 2.17 bits per heavy atom. The third kappa shape index (κ3) is 4.30. The Bertz CT molecular complexity index is 805. The Labute approximate surface area is 145 Å². The van der Waals surface area contributed by atoms with E-state index >= 15 is 0 Å². The zero-order valence-electron chi connectivity index (χ0n) is 12.7. The predicted molar refractivity (Wildman–Crippen MR) is 88.1 cm³/mol. The molecule has 0 aliphatic heterocycles. The molecule has 0 aliphatic rings. The van der Waals surface area contributed by atoms with Crippen LogP contribution in [0.3, 0.4) is 0 Å². The number of benzene rings is 1. The minimum atomic E-state index is -1.12. The molecule has 0 saturated carbocycles. The summed E-state index contributed by atoms with van der Waals surface area (Å²) >= 11 is 2.52. The minimum Gasteiger partial charge on any atom is -0.449 e. The van der Waals surface area contributed by atoms with E-state index in [2.05, 4.69) is 4.98 Å². The highest BCUT2D eigenvalue weighted by atomic mass is 32.2. The van der Waals surface area contributed by atoms with Crippen molar-refractivity contribution in [3.8, 4) is 0 Å². The topological polar surface area (TPSA) is 125 Å². The molecule has 2 rings (SSSR count). The fourth-order valence-electron chi connectivity index (χ4n) is 1.63. The van der Waals surface area contributed by atoms with Crippen LogP contribution in [0, 0.1) is 17.0 Å². The summed E-state index contributed by atoms with van der Waals surface area (Å²) in [5.41, 5.74) is 5.57. The summed E-state index contributed by atoms with van der Waals surface area (Å²) in [5, 5.41) is 13.1. The van der Waals surface area contributed by atoms with Crippen molar-refractivity contribution in [1.82, 2.24) is 4.98 Å². The number of aromatic nitrogens is 1. The van der Waals surface area contributed by atoms with Gasteiger partial charge in [-0.05, 0) is 26.0 Å². The van der Waals surface area contributed by atoms with Crippen LogP contribution in [-0.2, 0) is 9.53 Å². The second-order valence-electron chi connectivity index (χ2n) is 4.75. The number of esters is 1. The van der Waals surface area contributed by atoms with Crippen molar-refractivity contribution < 1.29 is 19.2 Å². The van der Waals surface area contributed by atoms with Gasteiger partial charge in [0.15, 0.2) is 10.4 Å². The lowest BCUT2D eigenvalue weighted by Crippen LogP contribution is -2.30. The molecule has 0 bridgehead atoms. The van der Waals surface area contributed by atoms with Gasteiger partial charge in [0.2, 0.25) is 0 Å². The van der Waals surface area contributed by atoms with Crippen LogP contribution in [0.15, 0.2) is 32.8 Å². The van der Waals surface area contributed by atoms with Gasteiger partial charge in [0.05, 0.1) is 15.4 Å². The van der Waals surface area contributed by atoms with Crippen molar-refractivity contribution in [1.29, 1.82) is 0 Å². The molecule has 1 aromatic carbocycles. The fraction of sp³-hybridized carbons (Fsp3) is 0.214. The molecule has 2 aromatic rings. The van der Waals surface area contributed by atoms with Gasteiger partial charge in [0.1, 0.15) is 0 Å². The van der Waals surface area contributed by atoms with E-state index in [0.717, 1.165) is 23.5 Å². The lowest BCUT2D eigenvalue weighted by Gasteiger charge is -2.10. The number of hydrogen-bond donors (Lipinski definition) is 1. The fourth-order valence-corrected chi connectivity index (χ4v) is 3.51. The highest BCUT2D eigenvalue weighted by Crippen LogP contribution is 2.36. The summed E-state index contributed by atoms with van der Waals surface area (Å²) < 4.78 is 5.50. The quantitative estimate of drug-likeness (QED) is 0.472. The second kappa shape index (κ2) is 7.41. The minimum absolute atomic E-state index is 0.0329. The third-order valence-corrected chi connectivity index (χ3v) is 4.99. The number of aryl methyl sites for hydroxylation is 1. The normalized spacial score (nSPS) is 11.8. The van der Waals surface area contributed by atoms with Crippen molar-refractivity contribution in [2.75, 3.05) is 0 Å². The van der Waals surface area contributed by atoms with E-state index in [9.17, 15) is 19.7 Å². The molecule has 2 N–H and O–H groups in total. The van der Waals surface area contributed by atoms with Gasteiger partial charge in [-0.3, -0.25) is 14.9 Å². The highest BCUT2D eigenvalue weighted by Gasteiger charge is 2.22. The maximum Gasteiger partial charge on any atom is 0.339 e. The number of nitro groups is 1. The molecule has 0 fully saturated rings. The molecular weight excluding hydrogens is 354 g/mol. The molecule has 0 radical (unpaired) electrons. The van der Waals surface area contributed by atoms with Crippen LogP contribution in [0.25, 0.3) is 0 Å². The molecule has 0 aliphatic carbocycles. The van der Waals surface area contributed by atoms with E-state index in [1.165, 1.54) is 30.4 Å². The second-order valence-corrected chi connectivity index (χ2v) is 6.89. The van der Waals surface area contributed by atoms with Crippen molar-refractivity contribution in [3.05, 3.63) is 45.0 Å². The van der Waals surface area contributed by atoms with E-state index in [1.54, 1.807) is 0 Å². The molecule has 0 saturated heterocycles. The van der Waals surface area contributed by atoms with Gasteiger partial charge in [0.25, 0.3) is 11.6 Å². The van der Waals surface area contributed by atoms with Crippen LogP contribution in [0.5, 0.6) is 0 Å². The summed E-state index contributed by atoms with van der Waals surface area (Å²) in [7, 11) is 0. The van der Waals surface area contributed by atoms with Crippen molar-refractivity contribution in [3.63, 3.8) is 0 Å². The molecule has 126 valence electrons. The van der Waals surface area contributed by atoms with E-state index in [1.807, 2.05) is 12.3 Å². The number of amides is 1. The zero-order chi connectivity index (χ0) is 17.9. The van der Waals surface area contributed by atoms with Crippen molar-refractivity contribution in [2.45, 2.75) is 29.2 Å². The van der Waals surface area contributed by atoms with E-state index in [-0.39, 0.29) is 11.3 Å². The smallest absolute Gasteiger partial charge is 0.339 e. The summed E-state index contributed by atoms with van der Waals surface area (Å²) in [6, 6.07) is 3.95. The van der Waals surface area contributed by atoms with Crippen LogP contribution < -0.4 is 5.73 Å². The summed E-state index contributed by atoms with van der Waals surface area (Å²) in [4.78, 5) is 38.1. The summed E-state index contributed by atoms with van der Waals surface area (Å²) in [6.45, 7) is 3.15. The molecule has 0 unspecified atom stereocenters. The predicted octanol–water partition coefficient (Wildman–Crippen LogP) is 2.54. The Morgan fingerprint density at radius 3 is 2.71 bits per heavy atom. The first-order valence-electron chi connectivity index (χ1n) is 6.66. The van der Waals surface area contributed by atoms with E-state index in [0.29, 0.717) is 9.24 Å². The molecule has 8 nitrogen and oxygen atoms in total. The Morgan fingerprint density at radius 1 is 1.46 bits per heavy atom. The number of primary amides is 1. The average Bonchev–Trinajstić information content (AvgIpc) is 2.92. The molecule has 1 amide bonds. The lowest BCUT2D eigenvalue weighted by molar-refractivity contribution is -0.387. The van der Waals surface area contributed by atoms with Gasteiger partial charge in [0, 0.05) is 17.1 Å². The number of carbonyl (C=O) groups excluding carboxylic acids is 2. The molecule has 1 heterocycles. The molecule has 1 aromatic heterocycles. The highest BCUT2D eigenvalue weighted by molar-refractivity contribution is 8.01. The van der Waals surface area contributed by atoms with Crippen LogP contribution in [0.2, 0.25) is 0 Å². The Hall–Kier alpha value is -2.46. The van der Waals surface area contributed by atoms with Crippen LogP contribution in [-0.4, -0.2) is 27.9 Å². The first-order valence-corrected chi connectivity index (χ1v) is 8.36. The summed E-state index contributed by atoms with van der Waals surface area (Å²) in [6.07, 6.45) is -1.12. The monoisotopic (exact) mass is 367 g/mol. The number of carbonyl (C=O) groups is 2. The van der Waals surface area contributed by atoms with Crippen LogP contribution in [0.1, 0.15) is 23.0 Å². The number of nitrogens with zero attached hydrogens (tertiary/aromatic N) is 2. The maximum atomic E-state index is 11.9. The number of thiazole rings is 1. The van der Waals surface area contributed by atoms with Gasteiger partial charge < -0.3 is 10.5 Å². The van der Waals surface area contributed by atoms with E-state index < -0.39 is 22.9 Å². The molecule has 1 atom stereocenters. The Balaban J connectivity index is 2.27. The van der Waals surface area contributed by atoms with Gasteiger partial charge in [-0.2, -0.15) is 0 Å². The average molecular weight is 367 g/mol. The van der Waals surface area contributed by atoms with E-state index in [4.69, 9.17) is 10.5 Å². The first kappa shape index (κ1) is 17.9. The molecule has 10 heteroatoms. The van der Waals surface area contributed by atoms with Gasteiger partial charge >= 0.3 is 5.97 Å². The standard InChI is InChI=1S/C14H13N3O5S2/c1-7-6-23-14(16-7)24-11-4-3-9(5-10(11)17(20)21)13(19)22-8(2)12(15)18/h3-6,8H,1-2H3,(H2,15,18)/t8-/m1/s1. The Kier molecular flexibility index (Phi) is 5.52. The number of nitro benzene ring substituents is 1. The third-order valence-electron chi connectivity index (χ3n) is 2.87. The van der Waals surface area contributed by atoms with Gasteiger partial charge in [-0.1, -0.05) is 11.8 Å². The first-order chi connectivity index (χ1) is 11.3. The van der Waals surface area contributed by atoms with Crippen molar-refractivity contribution >= 4 is 40.7 Å². The number of ether oxygens (including phenoxy) is 1. The van der Waals surface area contributed by atoms with Gasteiger partial charge in [-0.25, -0.2) is 9.78 Å². The number of nitrogens with two attached hydrogens (primary N) is 1. The molecule has 24 heavy (non-hydrogen) atoms. The van der Waals surface area contributed by atoms with Gasteiger partial charge in [-0.15, -0.1) is 11.3 Å². The lowest BCUT2D eigenvalue weighted by atomic mass is 10.2. The number of hydrogen-bond acceptors (Lipinski definition) is 8.